The third-order valence-electron chi connectivity index (χ3n) is 1.75. The van der Waals surface area contributed by atoms with Gasteiger partial charge in [0.15, 0.2) is 0 Å². The zero-order valence-electron chi connectivity index (χ0n) is 7.13. The lowest BCUT2D eigenvalue weighted by atomic mass is 10.0. The molecule has 0 spiro atoms. The van der Waals surface area contributed by atoms with E-state index in [-0.39, 0.29) is 5.82 Å². The second-order valence-electron chi connectivity index (χ2n) is 3.06. The number of aromatic nitrogens is 1. The smallest absolute Gasteiger partial charge is 0.141 e. The molecule has 0 aromatic carbocycles. The highest BCUT2D eigenvalue weighted by atomic mass is 19.1. The minimum Gasteiger partial charge on any atom is -0.330 e. The van der Waals surface area contributed by atoms with Gasteiger partial charge in [-0.2, -0.15) is 0 Å². The fourth-order valence-electron chi connectivity index (χ4n) is 1.05. The Morgan fingerprint density at radius 3 is 2.92 bits per heavy atom. The summed E-state index contributed by atoms with van der Waals surface area (Å²) in [5.74, 6) is 0.102. The maximum Gasteiger partial charge on any atom is 0.141 e. The zero-order valence-corrected chi connectivity index (χ0v) is 7.13. The van der Waals surface area contributed by atoms with Crippen LogP contribution in [0.1, 0.15) is 12.5 Å². The summed E-state index contributed by atoms with van der Waals surface area (Å²) in [5.41, 5.74) is 6.35. The predicted octanol–water partition coefficient (Wildman–Crippen LogP) is 1.36. The molecule has 0 saturated carbocycles. The zero-order chi connectivity index (χ0) is 8.97. The molecule has 0 aliphatic rings. The number of nitrogens with zero attached hydrogens (tertiary/aromatic N) is 1. The van der Waals surface area contributed by atoms with Crippen LogP contribution < -0.4 is 5.73 Å². The van der Waals surface area contributed by atoms with Gasteiger partial charge in [-0.15, -0.1) is 0 Å². The third kappa shape index (κ3) is 2.58. The van der Waals surface area contributed by atoms with Crippen molar-refractivity contribution >= 4 is 0 Å². The number of nitrogens with two attached hydrogens (primary N) is 1. The van der Waals surface area contributed by atoms with Crippen LogP contribution in [0.3, 0.4) is 0 Å². The third-order valence-corrected chi connectivity index (χ3v) is 1.75. The Labute approximate surface area is 71.6 Å². The second kappa shape index (κ2) is 4.16. The van der Waals surface area contributed by atoms with Crippen molar-refractivity contribution in [3.63, 3.8) is 0 Å². The molecule has 1 aromatic heterocycles. The largest absolute Gasteiger partial charge is 0.330 e. The Morgan fingerprint density at radius 2 is 2.33 bits per heavy atom. The van der Waals surface area contributed by atoms with E-state index in [1.165, 1.54) is 12.3 Å². The minimum absolute atomic E-state index is 0.281. The second-order valence-corrected chi connectivity index (χ2v) is 3.06. The maximum absolute atomic E-state index is 12.6. The van der Waals surface area contributed by atoms with Gasteiger partial charge in [-0.3, -0.25) is 4.98 Å². The van der Waals surface area contributed by atoms with Crippen molar-refractivity contribution in [2.45, 2.75) is 13.3 Å². The number of pyridine rings is 1. The van der Waals surface area contributed by atoms with E-state index < -0.39 is 0 Å². The average Bonchev–Trinajstić information content (AvgIpc) is 2.04. The summed E-state index contributed by atoms with van der Waals surface area (Å²) in [6, 6.07) is 1.50. The van der Waals surface area contributed by atoms with Gasteiger partial charge in [0.25, 0.3) is 0 Å². The van der Waals surface area contributed by atoms with Crippen LogP contribution in [0.25, 0.3) is 0 Å². The van der Waals surface area contributed by atoms with Crippen molar-refractivity contribution in [2.75, 3.05) is 6.54 Å². The van der Waals surface area contributed by atoms with Gasteiger partial charge >= 0.3 is 0 Å². The monoisotopic (exact) mass is 168 g/mol. The first-order valence-corrected chi connectivity index (χ1v) is 4.02. The van der Waals surface area contributed by atoms with E-state index in [0.717, 1.165) is 12.0 Å². The molecular formula is C9H13FN2. The van der Waals surface area contributed by atoms with Crippen molar-refractivity contribution in [3.05, 3.63) is 29.8 Å². The lowest BCUT2D eigenvalue weighted by Gasteiger charge is -2.06. The molecule has 12 heavy (non-hydrogen) atoms. The van der Waals surface area contributed by atoms with E-state index in [2.05, 4.69) is 4.98 Å². The highest BCUT2D eigenvalue weighted by Gasteiger charge is 2.02. The van der Waals surface area contributed by atoms with E-state index in [1.54, 1.807) is 6.20 Å². The maximum atomic E-state index is 12.6. The lowest BCUT2D eigenvalue weighted by molar-refractivity contribution is 0.580. The number of rotatable bonds is 3. The molecule has 2 nitrogen and oxygen atoms in total. The molecule has 1 aromatic rings. The number of halogens is 1. The molecule has 0 unspecified atom stereocenters. The van der Waals surface area contributed by atoms with Gasteiger partial charge in [-0.25, -0.2) is 4.39 Å². The summed E-state index contributed by atoms with van der Waals surface area (Å²) in [6.07, 6.45) is 3.67. The van der Waals surface area contributed by atoms with Crippen LogP contribution in [0.15, 0.2) is 18.5 Å². The molecule has 0 radical (unpaired) electrons. The highest BCUT2D eigenvalue weighted by molar-refractivity contribution is 5.10. The molecule has 3 heteroatoms. The summed E-state index contributed by atoms with van der Waals surface area (Å²) in [4.78, 5) is 3.76. The van der Waals surface area contributed by atoms with Gasteiger partial charge in [0.1, 0.15) is 5.82 Å². The van der Waals surface area contributed by atoms with Crippen molar-refractivity contribution in [2.24, 2.45) is 11.7 Å². The van der Waals surface area contributed by atoms with Crippen LogP contribution in [0.5, 0.6) is 0 Å². The number of hydrogen-bond acceptors (Lipinski definition) is 2. The van der Waals surface area contributed by atoms with E-state index in [1.807, 2.05) is 6.92 Å². The molecule has 66 valence electrons. The van der Waals surface area contributed by atoms with Gasteiger partial charge < -0.3 is 5.73 Å². The molecule has 1 heterocycles. The van der Waals surface area contributed by atoms with E-state index in [0.29, 0.717) is 12.5 Å². The SMILES string of the molecule is C[C@H](CN)Cc1cncc(F)c1. The molecule has 1 rings (SSSR count). The van der Waals surface area contributed by atoms with E-state index in [9.17, 15) is 4.39 Å². The quantitative estimate of drug-likeness (QED) is 0.740. The molecule has 0 amide bonds. The minimum atomic E-state index is -0.281. The molecule has 0 saturated heterocycles. The van der Waals surface area contributed by atoms with Gasteiger partial charge in [-0.1, -0.05) is 6.92 Å². The first-order chi connectivity index (χ1) is 5.72. The molecule has 0 fully saturated rings. The van der Waals surface area contributed by atoms with Gasteiger partial charge in [-0.05, 0) is 30.5 Å². The Morgan fingerprint density at radius 1 is 1.58 bits per heavy atom. The van der Waals surface area contributed by atoms with Crippen LogP contribution in [0.2, 0.25) is 0 Å². The molecule has 1 atom stereocenters. The number of hydrogen-bond donors (Lipinski definition) is 1. The Kier molecular flexibility index (Phi) is 3.17. The van der Waals surface area contributed by atoms with Crippen LogP contribution in [-0.4, -0.2) is 11.5 Å². The Bertz CT molecular complexity index is 250. The first-order valence-electron chi connectivity index (χ1n) is 4.02. The molecule has 0 aliphatic heterocycles. The van der Waals surface area contributed by atoms with Crippen molar-refractivity contribution in [1.82, 2.24) is 4.98 Å². The summed E-state index contributed by atoms with van der Waals surface area (Å²) in [5, 5.41) is 0. The van der Waals surface area contributed by atoms with Gasteiger partial charge in [0.05, 0.1) is 6.20 Å². The van der Waals surface area contributed by atoms with Gasteiger partial charge in [0, 0.05) is 6.20 Å². The van der Waals surface area contributed by atoms with Crippen molar-refractivity contribution in [1.29, 1.82) is 0 Å². The van der Waals surface area contributed by atoms with E-state index >= 15 is 0 Å². The standard InChI is InChI=1S/C9H13FN2/c1-7(4-11)2-8-3-9(10)6-12-5-8/h3,5-7H,2,4,11H2,1H3/t7-/m0/s1. The first kappa shape index (κ1) is 9.13. The van der Waals surface area contributed by atoms with Crippen LogP contribution in [-0.2, 0) is 6.42 Å². The predicted molar refractivity (Wildman–Crippen MR) is 46.1 cm³/mol. The van der Waals surface area contributed by atoms with Crippen molar-refractivity contribution < 1.29 is 4.39 Å². The summed E-state index contributed by atoms with van der Waals surface area (Å²) < 4.78 is 12.6. The normalized spacial score (nSPS) is 12.9. The van der Waals surface area contributed by atoms with Gasteiger partial charge in [0.2, 0.25) is 0 Å². The highest BCUT2D eigenvalue weighted by Crippen LogP contribution is 2.07. The Balaban J connectivity index is 2.63. The summed E-state index contributed by atoms with van der Waals surface area (Å²) in [7, 11) is 0. The van der Waals surface area contributed by atoms with Crippen LogP contribution >= 0.6 is 0 Å². The molecular weight excluding hydrogens is 155 g/mol. The fourth-order valence-corrected chi connectivity index (χ4v) is 1.05. The topological polar surface area (TPSA) is 38.9 Å². The summed E-state index contributed by atoms with van der Waals surface area (Å²) >= 11 is 0. The average molecular weight is 168 g/mol. The molecule has 2 N–H and O–H groups in total. The van der Waals surface area contributed by atoms with Crippen molar-refractivity contribution in [3.8, 4) is 0 Å². The van der Waals surface area contributed by atoms with E-state index in [4.69, 9.17) is 5.73 Å². The molecule has 0 bridgehead atoms. The lowest BCUT2D eigenvalue weighted by Crippen LogP contribution is -2.13. The summed E-state index contributed by atoms with van der Waals surface area (Å²) in [6.45, 7) is 2.65. The Hall–Kier alpha value is -0.960. The van der Waals surface area contributed by atoms with Crippen LogP contribution in [0, 0.1) is 11.7 Å². The fraction of sp³-hybridized carbons (Fsp3) is 0.444. The molecule has 0 aliphatic carbocycles. The van der Waals surface area contributed by atoms with Crippen LogP contribution in [0.4, 0.5) is 4.39 Å².